The summed E-state index contributed by atoms with van der Waals surface area (Å²) in [5, 5.41) is 18.1. The minimum atomic E-state index is -0.296. The van der Waals surface area contributed by atoms with Crippen LogP contribution in [0.4, 0.5) is 0 Å². The number of rotatable bonds is 15. The molecule has 20 heavy (non-hydrogen) atoms. The Morgan fingerprint density at radius 3 is 1.90 bits per heavy atom. The second kappa shape index (κ2) is 16.7. The van der Waals surface area contributed by atoms with Crippen LogP contribution in [0, 0.1) is 0 Å². The first-order chi connectivity index (χ1) is 9.81. The first-order valence-electron chi connectivity index (χ1n) is 8.75. The van der Waals surface area contributed by atoms with Gasteiger partial charge in [-0.05, 0) is 38.5 Å². The predicted octanol–water partition coefficient (Wildman–Crippen LogP) is 4.99. The van der Waals surface area contributed by atoms with E-state index in [1.54, 1.807) is 0 Å². The lowest BCUT2D eigenvalue weighted by Crippen LogP contribution is -2.08. The summed E-state index contributed by atoms with van der Waals surface area (Å²) < 4.78 is 0. The lowest BCUT2D eigenvalue weighted by atomic mass is 10.1. The molecule has 0 bridgehead atoms. The van der Waals surface area contributed by atoms with Crippen molar-refractivity contribution in [3.63, 3.8) is 0 Å². The molecule has 0 aromatic rings. The summed E-state index contributed by atoms with van der Waals surface area (Å²) in [6.45, 7) is 2.36. The van der Waals surface area contributed by atoms with Gasteiger partial charge in [-0.2, -0.15) is 0 Å². The SMILES string of the molecule is CCCCCC/C=C/CCCCCCCC(O)CCO. The van der Waals surface area contributed by atoms with Crippen LogP contribution in [-0.4, -0.2) is 22.9 Å². The predicted molar refractivity (Wildman–Crippen MR) is 87.9 cm³/mol. The molecule has 0 amide bonds. The molecule has 0 spiro atoms. The van der Waals surface area contributed by atoms with Crippen molar-refractivity contribution in [1.82, 2.24) is 0 Å². The molecule has 0 saturated carbocycles. The summed E-state index contributed by atoms with van der Waals surface area (Å²) in [4.78, 5) is 0. The molecule has 0 aliphatic carbocycles. The standard InChI is InChI=1S/C18H36O2/c1-2-3-4-5-6-7-8-9-10-11-12-13-14-15-18(20)16-17-19/h7-8,18-20H,2-6,9-17H2,1H3/b8-7+. The number of hydrogen-bond acceptors (Lipinski definition) is 2. The Hall–Kier alpha value is -0.340. The number of unbranched alkanes of at least 4 members (excludes halogenated alkanes) is 9. The Morgan fingerprint density at radius 1 is 0.750 bits per heavy atom. The molecular formula is C18H36O2. The van der Waals surface area contributed by atoms with Crippen LogP contribution in [0.1, 0.15) is 90.4 Å². The molecule has 1 atom stereocenters. The molecule has 0 heterocycles. The fourth-order valence-electron chi connectivity index (χ4n) is 2.39. The van der Waals surface area contributed by atoms with Gasteiger partial charge in [-0.15, -0.1) is 0 Å². The third-order valence-corrected chi connectivity index (χ3v) is 3.76. The highest BCUT2D eigenvalue weighted by Crippen LogP contribution is 2.10. The van der Waals surface area contributed by atoms with Crippen molar-refractivity contribution in [3.05, 3.63) is 12.2 Å². The van der Waals surface area contributed by atoms with Gasteiger partial charge in [0, 0.05) is 6.61 Å². The van der Waals surface area contributed by atoms with E-state index in [0.29, 0.717) is 6.42 Å². The van der Waals surface area contributed by atoms with Gasteiger partial charge < -0.3 is 10.2 Å². The number of aliphatic hydroxyl groups excluding tert-OH is 2. The van der Waals surface area contributed by atoms with E-state index >= 15 is 0 Å². The maximum atomic E-state index is 9.46. The molecule has 0 rings (SSSR count). The Kier molecular flexibility index (Phi) is 16.4. The van der Waals surface area contributed by atoms with Crippen LogP contribution in [0.25, 0.3) is 0 Å². The van der Waals surface area contributed by atoms with E-state index in [-0.39, 0.29) is 12.7 Å². The summed E-state index contributed by atoms with van der Waals surface area (Å²) >= 11 is 0. The van der Waals surface area contributed by atoms with Gasteiger partial charge in [-0.3, -0.25) is 0 Å². The minimum absolute atomic E-state index is 0.103. The highest BCUT2D eigenvalue weighted by molar-refractivity contribution is 4.81. The average Bonchev–Trinajstić information content (AvgIpc) is 2.44. The second-order valence-corrected chi connectivity index (χ2v) is 5.83. The van der Waals surface area contributed by atoms with Gasteiger partial charge >= 0.3 is 0 Å². The molecule has 0 radical (unpaired) electrons. The van der Waals surface area contributed by atoms with E-state index in [4.69, 9.17) is 5.11 Å². The largest absolute Gasteiger partial charge is 0.396 e. The third-order valence-electron chi connectivity index (χ3n) is 3.76. The van der Waals surface area contributed by atoms with E-state index in [2.05, 4.69) is 19.1 Å². The van der Waals surface area contributed by atoms with E-state index in [9.17, 15) is 5.11 Å². The molecule has 1 unspecified atom stereocenters. The highest BCUT2D eigenvalue weighted by atomic mass is 16.3. The van der Waals surface area contributed by atoms with Crippen molar-refractivity contribution in [2.45, 2.75) is 96.5 Å². The minimum Gasteiger partial charge on any atom is -0.396 e. The van der Waals surface area contributed by atoms with Crippen molar-refractivity contribution in [3.8, 4) is 0 Å². The molecule has 0 aromatic carbocycles. The van der Waals surface area contributed by atoms with Crippen LogP contribution in [0.15, 0.2) is 12.2 Å². The fourth-order valence-corrected chi connectivity index (χ4v) is 2.39. The molecule has 2 heteroatoms. The van der Waals surface area contributed by atoms with Crippen molar-refractivity contribution in [2.75, 3.05) is 6.61 Å². The van der Waals surface area contributed by atoms with Gasteiger partial charge in [0.1, 0.15) is 0 Å². The maximum absolute atomic E-state index is 9.46. The summed E-state index contributed by atoms with van der Waals surface area (Å²) in [6, 6.07) is 0. The number of aliphatic hydroxyl groups is 2. The molecule has 0 aromatic heterocycles. The number of allylic oxidation sites excluding steroid dienone is 2. The molecule has 120 valence electrons. The summed E-state index contributed by atoms with van der Waals surface area (Å²) in [5.74, 6) is 0. The first-order valence-corrected chi connectivity index (χ1v) is 8.75. The Morgan fingerprint density at radius 2 is 1.30 bits per heavy atom. The molecule has 2 N–H and O–H groups in total. The van der Waals surface area contributed by atoms with Crippen LogP contribution >= 0.6 is 0 Å². The zero-order valence-corrected chi connectivity index (χ0v) is 13.5. The highest BCUT2D eigenvalue weighted by Gasteiger charge is 2.01. The van der Waals surface area contributed by atoms with Gasteiger partial charge in [0.2, 0.25) is 0 Å². The smallest absolute Gasteiger partial charge is 0.0562 e. The maximum Gasteiger partial charge on any atom is 0.0562 e. The molecule has 2 nitrogen and oxygen atoms in total. The number of hydrogen-bond donors (Lipinski definition) is 2. The lowest BCUT2D eigenvalue weighted by molar-refractivity contribution is 0.122. The summed E-state index contributed by atoms with van der Waals surface area (Å²) in [7, 11) is 0. The normalized spacial score (nSPS) is 13.2. The van der Waals surface area contributed by atoms with Crippen LogP contribution in [0.5, 0.6) is 0 Å². The van der Waals surface area contributed by atoms with Crippen LogP contribution in [0.3, 0.4) is 0 Å². The van der Waals surface area contributed by atoms with Gasteiger partial charge in [0.25, 0.3) is 0 Å². The zero-order valence-electron chi connectivity index (χ0n) is 13.5. The molecule has 0 saturated heterocycles. The average molecular weight is 284 g/mol. The fraction of sp³-hybridized carbons (Fsp3) is 0.889. The van der Waals surface area contributed by atoms with Crippen molar-refractivity contribution >= 4 is 0 Å². The summed E-state index contributed by atoms with van der Waals surface area (Å²) in [5.41, 5.74) is 0. The van der Waals surface area contributed by atoms with E-state index < -0.39 is 0 Å². The van der Waals surface area contributed by atoms with Crippen LogP contribution in [-0.2, 0) is 0 Å². The lowest BCUT2D eigenvalue weighted by Gasteiger charge is -2.07. The monoisotopic (exact) mass is 284 g/mol. The second-order valence-electron chi connectivity index (χ2n) is 5.83. The Labute approximate surface area is 126 Å². The van der Waals surface area contributed by atoms with E-state index in [1.807, 2.05) is 0 Å². The molecule has 0 aliphatic heterocycles. The molecular weight excluding hydrogens is 248 g/mol. The van der Waals surface area contributed by atoms with Crippen molar-refractivity contribution in [1.29, 1.82) is 0 Å². The van der Waals surface area contributed by atoms with E-state index in [1.165, 1.54) is 64.2 Å². The first kappa shape index (κ1) is 19.7. The zero-order chi connectivity index (χ0) is 14.9. The quantitative estimate of drug-likeness (QED) is 0.328. The van der Waals surface area contributed by atoms with Gasteiger partial charge in [-0.25, -0.2) is 0 Å². The Bertz CT molecular complexity index is 202. The summed E-state index contributed by atoms with van der Waals surface area (Å²) in [6.07, 6.45) is 19.8. The van der Waals surface area contributed by atoms with Crippen molar-refractivity contribution in [2.24, 2.45) is 0 Å². The molecule has 0 aliphatic rings. The Balaban J connectivity index is 3.10. The molecule has 0 fully saturated rings. The van der Waals surface area contributed by atoms with E-state index in [0.717, 1.165) is 12.8 Å². The third kappa shape index (κ3) is 15.7. The van der Waals surface area contributed by atoms with Gasteiger partial charge in [0.05, 0.1) is 6.10 Å². The van der Waals surface area contributed by atoms with Crippen LogP contribution in [0.2, 0.25) is 0 Å². The topological polar surface area (TPSA) is 40.5 Å². The van der Waals surface area contributed by atoms with Gasteiger partial charge in [0.15, 0.2) is 0 Å². The van der Waals surface area contributed by atoms with Gasteiger partial charge in [-0.1, -0.05) is 64.0 Å². The van der Waals surface area contributed by atoms with Crippen molar-refractivity contribution < 1.29 is 10.2 Å². The van der Waals surface area contributed by atoms with Crippen LogP contribution < -0.4 is 0 Å².